The van der Waals surface area contributed by atoms with Crippen molar-refractivity contribution in [1.82, 2.24) is 15.0 Å². The first-order chi connectivity index (χ1) is 8.16. The molecule has 5 nitrogen and oxygen atoms in total. The van der Waals surface area contributed by atoms with Crippen molar-refractivity contribution in [2.75, 3.05) is 0 Å². The number of nitrogens with zero attached hydrogens (tertiary/aromatic N) is 3. The maximum Gasteiger partial charge on any atom is 0.358 e. The lowest BCUT2D eigenvalue weighted by atomic mass is 10.0. The van der Waals surface area contributed by atoms with Crippen LogP contribution in [0.4, 0.5) is 0 Å². The third-order valence-electron chi connectivity index (χ3n) is 2.59. The molecule has 1 N–H and O–H groups in total. The first kappa shape index (κ1) is 11.3. The third-order valence-corrected chi connectivity index (χ3v) is 2.59. The lowest BCUT2D eigenvalue weighted by Crippen LogP contribution is -2.07. The van der Waals surface area contributed by atoms with Gasteiger partial charge < -0.3 is 5.11 Å². The maximum absolute atomic E-state index is 10.7. The largest absolute Gasteiger partial charge is 0.476 e. The van der Waals surface area contributed by atoms with Crippen molar-refractivity contribution >= 4 is 5.97 Å². The molecule has 0 saturated carbocycles. The van der Waals surface area contributed by atoms with Crippen LogP contribution in [0.2, 0.25) is 0 Å². The molecule has 88 valence electrons. The van der Waals surface area contributed by atoms with Gasteiger partial charge in [-0.1, -0.05) is 42.5 Å². The van der Waals surface area contributed by atoms with E-state index in [1.165, 1.54) is 11.8 Å². The van der Waals surface area contributed by atoms with Gasteiger partial charge in [0, 0.05) is 12.5 Å². The summed E-state index contributed by atoms with van der Waals surface area (Å²) in [4.78, 5) is 10.7. The van der Waals surface area contributed by atoms with Crippen molar-refractivity contribution in [3.8, 4) is 0 Å². The normalized spacial score (nSPS) is 12.3. The van der Waals surface area contributed by atoms with E-state index in [0.29, 0.717) is 6.54 Å². The summed E-state index contributed by atoms with van der Waals surface area (Å²) in [7, 11) is 0. The molecule has 0 aliphatic heterocycles. The van der Waals surface area contributed by atoms with Gasteiger partial charge in [0.15, 0.2) is 5.69 Å². The van der Waals surface area contributed by atoms with E-state index in [0.717, 1.165) is 0 Å². The predicted octanol–water partition coefficient (Wildman–Crippen LogP) is 1.78. The molecule has 1 atom stereocenters. The highest BCUT2D eigenvalue weighted by atomic mass is 16.4. The first-order valence-electron chi connectivity index (χ1n) is 5.35. The van der Waals surface area contributed by atoms with E-state index >= 15 is 0 Å². The van der Waals surface area contributed by atoms with Crippen molar-refractivity contribution in [3.63, 3.8) is 0 Å². The molecule has 2 rings (SSSR count). The Balaban J connectivity index is 2.08. The van der Waals surface area contributed by atoms with Crippen LogP contribution in [-0.2, 0) is 6.54 Å². The fourth-order valence-electron chi connectivity index (χ4n) is 1.65. The second-order valence-electron chi connectivity index (χ2n) is 3.94. The molecule has 2 aromatic rings. The van der Waals surface area contributed by atoms with E-state index < -0.39 is 5.97 Å². The van der Waals surface area contributed by atoms with Crippen molar-refractivity contribution in [3.05, 3.63) is 47.8 Å². The summed E-state index contributed by atoms with van der Waals surface area (Å²) in [6.07, 6.45) is 1.45. The van der Waals surface area contributed by atoms with Crippen LogP contribution in [0.3, 0.4) is 0 Å². The molecular weight excluding hydrogens is 218 g/mol. The molecule has 1 aromatic carbocycles. The van der Waals surface area contributed by atoms with Crippen molar-refractivity contribution in [2.45, 2.75) is 19.4 Å². The van der Waals surface area contributed by atoms with Crippen molar-refractivity contribution < 1.29 is 9.90 Å². The molecule has 0 saturated heterocycles. The minimum atomic E-state index is -1.05. The van der Waals surface area contributed by atoms with E-state index in [9.17, 15) is 4.79 Å². The van der Waals surface area contributed by atoms with Crippen LogP contribution in [0.5, 0.6) is 0 Å². The fourth-order valence-corrected chi connectivity index (χ4v) is 1.65. The number of hydrogen-bond donors (Lipinski definition) is 1. The van der Waals surface area contributed by atoms with E-state index in [2.05, 4.69) is 17.2 Å². The van der Waals surface area contributed by atoms with Gasteiger partial charge in [-0.15, -0.1) is 5.10 Å². The minimum absolute atomic E-state index is 0.0229. The predicted molar refractivity (Wildman–Crippen MR) is 61.8 cm³/mol. The molecule has 0 radical (unpaired) electrons. The molecule has 0 spiro atoms. The van der Waals surface area contributed by atoms with Gasteiger partial charge in [0.05, 0.1) is 6.20 Å². The van der Waals surface area contributed by atoms with Crippen LogP contribution >= 0.6 is 0 Å². The zero-order chi connectivity index (χ0) is 12.3. The molecule has 0 aliphatic rings. The molecule has 0 unspecified atom stereocenters. The van der Waals surface area contributed by atoms with Crippen LogP contribution in [-0.4, -0.2) is 26.1 Å². The molecule has 1 aromatic heterocycles. The Morgan fingerprint density at radius 2 is 2.12 bits per heavy atom. The number of rotatable bonds is 4. The quantitative estimate of drug-likeness (QED) is 0.870. The van der Waals surface area contributed by atoms with Crippen molar-refractivity contribution in [1.29, 1.82) is 0 Å². The lowest BCUT2D eigenvalue weighted by molar-refractivity contribution is 0.0690. The zero-order valence-corrected chi connectivity index (χ0v) is 9.45. The van der Waals surface area contributed by atoms with E-state index in [-0.39, 0.29) is 11.6 Å². The minimum Gasteiger partial charge on any atom is -0.476 e. The van der Waals surface area contributed by atoms with Crippen LogP contribution < -0.4 is 0 Å². The second-order valence-corrected chi connectivity index (χ2v) is 3.94. The number of carboxylic acids is 1. The van der Waals surface area contributed by atoms with Crippen LogP contribution in [0.15, 0.2) is 36.5 Å². The summed E-state index contributed by atoms with van der Waals surface area (Å²) < 4.78 is 1.56. The van der Waals surface area contributed by atoms with Gasteiger partial charge in [0.2, 0.25) is 0 Å². The molecule has 17 heavy (non-hydrogen) atoms. The Morgan fingerprint density at radius 3 is 2.71 bits per heavy atom. The topological polar surface area (TPSA) is 68.0 Å². The molecule has 5 heteroatoms. The maximum atomic E-state index is 10.7. The standard InChI is InChI=1S/C12H13N3O2/c1-9(10-5-3-2-4-6-10)7-15-8-11(12(16)17)13-14-15/h2-6,8-9H,7H2,1H3,(H,16,17)/t9-/m1/s1. The van der Waals surface area contributed by atoms with E-state index in [1.54, 1.807) is 4.68 Å². The summed E-state index contributed by atoms with van der Waals surface area (Å²) in [6, 6.07) is 10.0. The highest BCUT2D eigenvalue weighted by Gasteiger charge is 2.11. The third kappa shape index (κ3) is 2.69. The number of carbonyl (C=O) groups is 1. The second kappa shape index (κ2) is 4.78. The average molecular weight is 231 g/mol. The highest BCUT2D eigenvalue weighted by molar-refractivity contribution is 5.84. The van der Waals surface area contributed by atoms with Crippen LogP contribution in [0, 0.1) is 0 Å². The van der Waals surface area contributed by atoms with Crippen molar-refractivity contribution in [2.24, 2.45) is 0 Å². The SMILES string of the molecule is C[C@H](Cn1cc(C(=O)O)nn1)c1ccccc1. The number of benzene rings is 1. The zero-order valence-electron chi connectivity index (χ0n) is 9.45. The van der Waals surface area contributed by atoms with Gasteiger partial charge in [-0.25, -0.2) is 4.79 Å². The Kier molecular flexibility index (Phi) is 3.18. The first-order valence-corrected chi connectivity index (χ1v) is 5.35. The van der Waals surface area contributed by atoms with Crippen LogP contribution in [0.1, 0.15) is 28.9 Å². The summed E-state index contributed by atoms with van der Waals surface area (Å²) in [5, 5.41) is 16.1. The summed E-state index contributed by atoms with van der Waals surface area (Å²) in [6.45, 7) is 2.68. The molecule has 0 fully saturated rings. The fraction of sp³-hybridized carbons (Fsp3) is 0.250. The Morgan fingerprint density at radius 1 is 1.41 bits per heavy atom. The Bertz CT molecular complexity index is 507. The molecular formula is C12H13N3O2. The summed E-state index contributed by atoms with van der Waals surface area (Å²) >= 11 is 0. The molecule has 0 bridgehead atoms. The monoisotopic (exact) mass is 231 g/mol. The number of aromatic nitrogens is 3. The Labute approximate surface area is 98.7 Å². The van der Waals surface area contributed by atoms with Crippen LogP contribution in [0.25, 0.3) is 0 Å². The Hall–Kier alpha value is -2.17. The molecule has 0 amide bonds. The average Bonchev–Trinajstić information content (AvgIpc) is 2.79. The molecule has 1 heterocycles. The van der Waals surface area contributed by atoms with Gasteiger partial charge in [0.1, 0.15) is 0 Å². The summed E-state index contributed by atoms with van der Waals surface area (Å²) in [5.41, 5.74) is 1.17. The van der Waals surface area contributed by atoms with Gasteiger partial charge in [-0.05, 0) is 5.56 Å². The van der Waals surface area contributed by atoms with E-state index in [4.69, 9.17) is 5.11 Å². The van der Waals surface area contributed by atoms with Gasteiger partial charge in [-0.3, -0.25) is 4.68 Å². The number of carboxylic acid groups (broad SMARTS) is 1. The van der Waals surface area contributed by atoms with Gasteiger partial charge >= 0.3 is 5.97 Å². The smallest absolute Gasteiger partial charge is 0.358 e. The van der Waals surface area contributed by atoms with Gasteiger partial charge in [-0.2, -0.15) is 0 Å². The molecule has 0 aliphatic carbocycles. The highest BCUT2D eigenvalue weighted by Crippen LogP contribution is 2.16. The lowest BCUT2D eigenvalue weighted by Gasteiger charge is -2.10. The summed E-state index contributed by atoms with van der Waals surface area (Å²) in [5.74, 6) is -0.789. The number of aromatic carboxylic acids is 1. The van der Waals surface area contributed by atoms with Gasteiger partial charge in [0.25, 0.3) is 0 Å². The number of hydrogen-bond acceptors (Lipinski definition) is 3. The van der Waals surface area contributed by atoms with E-state index in [1.807, 2.05) is 30.3 Å².